The summed E-state index contributed by atoms with van der Waals surface area (Å²) in [7, 11) is 1.58. The average molecular weight is 248 g/mol. The van der Waals surface area contributed by atoms with Crippen molar-refractivity contribution < 1.29 is 14.2 Å². The fourth-order valence-corrected chi connectivity index (χ4v) is 1.39. The van der Waals surface area contributed by atoms with E-state index in [0.717, 1.165) is 11.3 Å². The van der Waals surface area contributed by atoms with Crippen molar-refractivity contribution in [3.8, 4) is 17.0 Å². The molecule has 2 rings (SSSR count). The molecule has 0 saturated carbocycles. The van der Waals surface area contributed by atoms with Crippen LogP contribution in [0.5, 0.6) is 5.75 Å². The summed E-state index contributed by atoms with van der Waals surface area (Å²) in [4.78, 5) is 11.2. The first-order chi connectivity index (χ1) is 8.74. The Labute approximate surface area is 103 Å². The van der Waals surface area contributed by atoms with Crippen molar-refractivity contribution in [2.75, 3.05) is 19.0 Å². The van der Waals surface area contributed by atoms with Crippen molar-refractivity contribution in [3.63, 3.8) is 0 Å². The maximum atomic E-state index is 11.2. The molecule has 0 bridgehead atoms. The zero-order chi connectivity index (χ0) is 13.0. The van der Waals surface area contributed by atoms with Crippen LogP contribution in [0.25, 0.3) is 11.3 Å². The molecule has 0 atom stereocenters. The first-order valence-electron chi connectivity index (χ1n) is 5.21. The van der Waals surface area contributed by atoms with Crippen molar-refractivity contribution in [1.82, 2.24) is 10.3 Å². The van der Waals surface area contributed by atoms with Crippen molar-refractivity contribution in [3.05, 3.63) is 24.3 Å². The maximum absolute atomic E-state index is 11.2. The van der Waals surface area contributed by atoms with Gasteiger partial charge in [0, 0.05) is 5.56 Å². The number of benzene rings is 1. The molecule has 0 saturated heterocycles. The van der Waals surface area contributed by atoms with Crippen molar-refractivity contribution >= 4 is 11.7 Å². The number of carbonyl (C=O) groups is 1. The molecule has 0 aliphatic carbocycles. The molecule has 3 N–H and O–H groups in total. The number of hydrogen-bond acceptors (Lipinski definition) is 6. The SMILES string of the molecule is COc1ccc(-c2nonc2NC(=O)CN)cc1. The van der Waals surface area contributed by atoms with E-state index >= 15 is 0 Å². The molecule has 0 aliphatic rings. The Kier molecular flexibility index (Phi) is 3.54. The van der Waals surface area contributed by atoms with E-state index in [1.54, 1.807) is 31.4 Å². The van der Waals surface area contributed by atoms with E-state index in [0.29, 0.717) is 5.69 Å². The standard InChI is InChI=1S/C11H12N4O3/c1-17-8-4-2-7(3-5-8)10-11(15-18-14-10)13-9(16)6-12/h2-5H,6,12H2,1H3,(H,13,15,16). The molecule has 0 radical (unpaired) electrons. The Morgan fingerprint density at radius 3 is 2.72 bits per heavy atom. The molecule has 0 fully saturated rings. The smallest absolute Gasteiger partial charge is 0.239 e. The summed E-state index contributed by atoms with van der Waals surface area (Å²) in [5.74, 6) is 0.610. The highest BCUT2D eigenvalue weighted by atomic mass is 16.6. The minimum absolute atomic E-state index is 0.130. The number of ether oxygens (including phenoxy) is 1. The number of hydrogen-bond donors (Lipinski definition) is 2. The van der Waals surface area contributed by atoms with Gasteiger partial charge in [-0.2, -0.15) is 0 Å². The van der Waals surface area contributed by atoms with Crippen LogP contribution in [0.2, 0.25) is 0 Å². The fourth-order valence-electron chi connectivity index (χ4n) is 1.39. The highest BCUT2D eigenvalue weighted by Crippen LogP contribution is 2.25. The predicted molar refractivity (Wildman–Crippen MR) is 64.0 cm³/mol. The average Bonchev–Trinajstić information content (AvgIpc) is 2.86. The maximum Gasteiger partial charge on any atom is 0.239 e. The van der Waals surface area contributed by atoms with Gasteiger partial charge in [-0.3, -0.25) is 4.79 Å². The number of methoxy groups -OCH3 is 1. The summed E-state index contributed by atoms with van der Waals surface area (Å²) in [5.41, 5.74) is 6.41. The highest BCUT2D eigenvalue weighted by Gasteiger charge is 2.14. The molecular weight excluding hydrogens is 236 g/mol. The van der Waals surface area contributed by atoms with Gasteiger partial charge < -0.3 is 15.8 Å². The van der Waals surface area contributed by atoms with E-state index in [9.17, 15) is 4.79 Å². The first kappa shape index (κ1) is 12.1. The van der Waals surface area contributed by atoms with E-state index < -0.39 is 0 Å². The van der Waals surface area contributed by atoms with E-state index in [1.165, 1.54) is 0 Å². The third-order valence-corrected chi connectivity index (χ3v) is 2.30. The van der Waals surface area contributed by atoms with E-state index in [-0.39, 0.29) is 18.3 Å². The van der Waals surface area contributed by atoms with Gasteiger partial charge in [-0.1, -0.05) is 0 Å². The van der Waals surface area contributed by atoms with Gasteiger partial charge in [-0.25, -0.2) is 4.63 Å². The van der Waals surface area contributed by atoms with E-state index in [1.807, 2.05) is 0 Å². The van der Waals surface area contributed by atoms with Crippen LogP contribution < -0.4 is 15.8 Å². The summed E-state index contributed by atoms with van der Waals surface area (Å²) in [6.07, 6.45) is 0. The molecule has 0 spiro atoms. The van der Waals surface area contributed by atoms with Crippen LogP contribution in [-0.4, -0.2) is 29.9 Å². The zero-order valence-corrected chi connectivity index (χ0v) is 9.71. The number of nitrogens with two attached hydrogens (primary N) is 1. The number of carbonyl (C=O) groups excluding carboxylic acids is 1. The van der Waals surface area contributed by atoms with Crippen molar-refractivity contribution in [2.45, 2.75) is 0 Å². The molecule has 18 heavy (non-hydrogen) atoms. The molecule has 0 unspecified atom stereocenters. The topological polar surface area (TPSA) is 103 Å². The molecular formula is C11H12N4O3. The summed E-state index contributed by atoms with van der Waals surface area (Å²) in [6, 6.07) is 7.13. The van der Waals surface area contributed by atoms with Crippen LogP contribution in [0.15, 0.2) is 28.9 Å². The van der Waals surface area contributed by atoms with Gasteiger partial charge >= 0.3 is 0 Å². The molecule has 1 amide bonds. The number of nitrogens with one attached hydrogen (secondary N) is 1. The lowest BCUT2D eigenvalue weighted by atomic mass is 10.1. The molecule has 1 aromatic heterocycles. The number of amides is 1. The third kappa shape index (κ3) is 2.46. The summed E-state index contributed by atoms with van der Waals surface area (Å²) in [6.45, 7) is -0.130. The van der Waals surface area contributed by atoms with Gasteiger partial charge in [0.25, 0.3) is 0 Å². The quantitative estimate of drug-likeness (QED) is 0.823. The second kappa shape index (κ2) is 5.28. The fraction of sp³-hybridized carbons (Fsp3) is 0.182. The Morgan fingerprint density at radius 1 is 1.39 bits per heavy atom. The van der Waals surface area contributed by atoms with Crippen LogP contribution >= 0.6 is 0 Å². The molecule has 7 nitrogen and oxygen atoms in total. The first-order valence-corrected chi connectivity index (χ1v) is 5.21. The van der Waals surface area contributed by atoms with Crippen LogP contribution in [0.4, 0.5) is 5.82 Å². The van der Waals surface area contributed by atoms with Gasteiger partial charge in [-0.05, 0) is 34.6 Å². The Hall–Kier alpha value is -2.41. The number of anilines is 1. The molecule has 7 heteroatoms. The van der Waals surface area contributed by atoms with Gasteiger partial charge in [0.1, 0.15) is 5.75 Å². The van der Waals surface area contributed by atoms with E-state index in [4.69, 9.17) is 10.5 Å². The molecule has 1 heterocycles. The lowest BCUT2D eigenvalue weighted by Crippen LogP contribution is -2.22. The van der Waals surface area contributed by atoms with Crippen LogP contribution in [0, 0.1) is 0 Å². The van der Waals surface area contributed by atoms with Gasteiger partial charge in [0.15, 0.2) is 5.69 Å². The number of nitrogens with zero attached hydrogens (tertiary/aromatic N) is 2. The van der Waals surface area contributed by atoms with Crippen LogP contribution in [-0.2, 0) is 4.79 Å². The molecule has 0 aliphatic heterocycles. The number of rotatable bonds is 4. The Morgan fingerprint density at radius 2 is 2.11 bits per heavy atom. The normalized spacial score (nSPS) is 10.1. The Balaban J connectivity index is 2.27. The summed E-state index contributed by atoms with van der Waals surface area (Å²) in [5, 5.41) is 9.87. The van der Waals surface area contributed by atoms with Crippen LogP contribution in [0.1, 0.15) is 0 Å². The van der Waals surface area contributed by atoms with Gasteiger partial charge in [-0.15, -0.1) is 0 Å². The molecule has 1 aromatic carbocycles. The minimum Gasteiger partial charge on any atom is -0.497 e. The second-order valence-corrected chi connectivity index (χ2v) is 3.44. The van der Waals surface area contributed by atoms with Crippen molar-refractivity contribution in [2.24, 2.45) is 5.73 Å². The predicted octanol–water partition coefficient (Wildman–Crippen LogP) is 0.642. The van der Waals surface area contributed by atoms with Crippen molar-refractivity contribution in [1.29, 1.82) is 0 Å². The number of aromatic nitrogens is 2. The van der Waals surface area contributed by atoms with Gasteiger partial charge in [0.05, 0.1) is 13.7 Å². The second-order valence-electron chi connectivity index (χ2n) is 3.44. The van der Waals surface area contributed by atoms with Gasteiger partial charge in [0.2, 0.25) is 11.7 Å². The summed E-state index contributed by atoms with van der Waals surface area (Å²) < 4.78 is 9.67. The molecule has 2 aromatic rings. The van der Waals surface area contributed by atoms with Crippen LogP contribution in [0.3, 0.4) is 0 Å². The Bertz CT molecular complexity index is 535. The zero-order valence-electron chi connectivity index (χ0n) is 9.71. The largest absolute Gasteiger partial charge is 0.497 e. The lowest BCUT2D eigenvalue weighted by molar-refractivity contribution is -0.114. The molecule has 94 valence electrons. The lowest BCUT2D eigenvalue weighted by Gasteiger charge is -2.02. The minimum atomic E-state index is -0.361. The highest BCUT2D eigenvalue weighted by molar-refractivity contribution is 5.94. The monoisotopic (exact) mass is 248 g/mol. The van der Waals surface area contributed by atoms with E-state index in [2.05, 4.69) is 20.3 Å². The summed E-state index contributed by atoms with van der Waals surface area (Å²) >= 11 is 0. The third-order valence-electron chi connectivity index (χ3n) is 2.30.